The van der Waals surface area contributed by atoms with Gasteiger partial charge in [0, 0.05) is 12.4 Å². The van der Waals surface area contributed by atoms with Crippen molar-refractivity contribution in [3.05, 3.63) is 54.6 Å². The molecule has 0 radical (unpaired) electrons. The van der Waals surface area contributed by atoms with E-state index in [1.165, 1.54) is 10.9 Å². The number of rotatable bonds is 2. The lowest BCUT2D eigenvalue weighted by molar-refractivity contribution is 0.0914. The number of nitrogens with zero attached hydrogens (tertiary/aromatic N) is 2. The number of carbonyl (C=O) groups excluding carboxylic acids is 1. The Bertz CT molecular complexity index is 407. The van der Waals surface area contributed by atoms with Gasteiger partial charge in [-0.05, 0) is 5.56 Å². The largest absolute Gasteiger partial charge is 0.276 e. The topological polar surface area (TPSA) is 34.9 Å². The van der Waals surface area contributed by atoms with Crippen molar-refractivity contribution >= 4 is 5.91 Å². The number of hydrogen-bond acceptors (Lipinski definition) is 2. The summed E-state index contributed by atoms with van der Waals surface area (Å²) in [5.41, 5.74) is 1.02. The highest BCUT2D eigenvalue weighted by molar-refractivity contribution is 5.80. The minimum absolute atomic E-state index is 0.0358. The first kappa shape index (κ1) is 12.2. The van der Waals surface area contributed by atoms with Crippen molar-refractivity contribution < 1.29 is 4.79 Å². The lowest BCUT2D eigenvalue weighted by Gasteiger charge is -2.00. The maximum atomic E-state index is 11.6. The summed E-state index contributed by atoms with van der Waals surface area (Å²) >= 11 is 0. The van der Waals surface area contributed by atoms with Crippen molar-refractivity contribution in [2.24, 2.45) is 0 Å². The van der Waals surface area contributed by atoms with Crippen molar-refractivity contribution in [3.8, 4) is 0 Å². The lowest BCUT2D eigenvalue weighted by Crippen LogP contribution is -2.11. The van der Waals surface area contributed by atoms with Crippen LogP contribution in [-0.4, -0.2) is 15.5 Å². The minimum atomic E-state index is 0.0358. The molecule has 0 spiro atoms. The Morgan fingerprint density at radius 3 is 2.50 bits per heavy atom. The summed E-state index contributed by atoms with van der Waals surface area (Å²) in [6, 6.07) is 9.67. The second kappa shape index (κ2) is 6.56. The zero-order valence-electron chi connectivity index (χ0n) is 9.63. The summed E-state index contributed by atoms with van der Waals surface area (Å²) in [7, 11) is 0. The van der Waals surface area contributed by atoms with Gasteiger partial charge in [-0.3, -0.25) is 9.36 Å². The van der Waals surface area contributed by atoms with E-state index >= 15 is 0 Å². The van der Waals surface area contributed by atoms with E-state index < -0.39 is 0 Å². The fourth-order valence-electron chi connectivity index (χ4n) is 1.27. The molecule has 84 valence electrons. The Kier molecular flexibility index (Phi) is 4.99. The van der Waals surface area contributed by atoms with Gasteiger partial charge in [0.15, 0.2) is 0 Å². The van der Waals surface area contributed by atoms with Crippen LogP contribution < -0.4 is 0 Å². The molecule has 16 heavy (non-hydrogen) atoms. The summed E-state index contributed by atoms with van der Waals surface area (Å²) in [4.78, 5) is 15.4. The molecular formula is C13H16N2O. The van der Waals surface area contributed by atoms with Crippen molar-refractivity contribution in [3.63, 3.8) is 0 Å². The quantitative estimate of drug-likeness (QED) is 0.773. The van der Waals surface area contributed by atoms with Crippen LogP contribution in [0.2, 0.25) is 0 Å². The van der Waals surface area contributed by atoms with E-state index in [1.54, 1.807) is 12.4 Å². The van der Waals surface area contributed by atoms with Crippen LogP contribution in [0.25, 0.3) is 0 Å². The third kappa shape index (κ3) is 3.35. The summed E-state index contributed by atoms with van der Waals surface area (Å²) in [5, 5.41) is 0. The van der Waals surface area contributed by atoms with Crippen LogP contribution in [0.5, 0.6) is 0 Å². The van der Waals surface area contributed by atoms with Gasteiger partial charge < -0.3 is 0 Å². The van der Waals surface area contributed by atoms with Crippen molar-refractivity contribution in [1.82, 2.24) is 9.55 Å². The van der Waals surface area contributed by atoms with E-state index in [0.717, 1.165) is 5.56 Å². The molecule has 0 aliphatic carbocycles. The molecule has 1 aromatic carbocycles. The Balaban J connectivity index is 0.000000606. The molecule has 0 saturated heterocycles. The van der Waals surface area contributed by atoms with Gasteiger partial charge in [0.25, 0.3) is 0 Å². The van der Waals surface area contributed by atoms with Gasteiger partial charge in [-0.2, -0.15) is 0 Å². The molecule has 0 amide bonds. The van der Waals surface area contributed by atoms with E-state index in [1.807, 2.05) is 44.2 Å². The zero-order valence-corrected chi connectivity index (χ0v) is 9.63. The first-order valence-electron chi connectivity index (χ1n) is 5.41. The number of imidazole rings is 1. The van der Waals surface area contributed by atoms with Crippen LogP contribution in [0, 0.1) is 0 Å². The van der Waals surface area contributed by atoms with Crippen LogP contribution in [0.3, 0.4) is 0 Å². The average Bonchev–Trinajstić information content (AvgIpc) is 2.86. The third-order valence-corrected chi connectivity index (χ3v) is 1.99. The third-order valence-electron chi connectivity index (χ3n) is 1.99. The standard InChI is InChI=1S/C11H10N2O.C2H6/c14-11(13-7-6-12-9-13)8-10-4-2-1-3-5-10;1-2/h1-7,9H,8H2;1-2H3. The summed E-state index contributed by atoms with van der Waals surface area (Å²) in [5.74, 6) is 0.0358. The van der Waals surface area contributed by atoms with E-state index in [4.69, 9.17) is 0 Å². The summed E-state index contributed by atoms with van der Waals surface area (Å²) in [6.07, 6.45) is 5.19. The first-order valence-corrected chi connectivity index (χ1v) is 5.41. The van der Waals surface area contributed by atoms with Crippen LogP contribution in [0.1, 0.15) is 24.2 Å². The molecule has 1 heterocycles. The second-order valence-corrected chi connectivity index (χ2v) is 3.03. The van der Waals surface area contributed by atoms with Crippen LogP contribution in [0.15, 0.2) is 49.1 Å². The summed E-state index contributed by atoms with van der Waals surface area (Å²) < 4.78 is 1.49. The second-order valence-electron chi connectivity index (χ2n) is 3.03. The van der Waals surface area contributed by atoms with Gasteiger partial charge in [0.2, 0.25) is 5.91 Å². The number of carbonyl (C=O) groups is 1. The molecule has 0 fully saturated rings. The van der Waals surface area contributed by atoms with E-state index in [9.17, 15) is 4.79 Å². The fourth-order valence-corrected chi connectivity index (χ4v) is 1.27. The number of hydrogen-bond donors (Lipinski definition) is 0. The van der Waals surface area contributed by atoms with E-state index in [-0.39, 0.29) is 5.91 Å². The molecule has 0 aliphatic rings. The molecule has 2 aromatic rings. The number of benzene rings is 1. The van der Waals surface area contributed by atoms with Gasteiger partial charge in [0.05, 0.1) is 6.42 Å². The molecule has 3 heteroatoms. The maximum absolute atomic E-state index is 11.6. The molecule has 0 atom stereocenters. The Hall–Kier alpha value is -1.90. The molecule has 0 bridgehead atoms. The number of aromatic nitrogens is 2. The Labute approximate surface area is 95.8 Å². The van der Waals surface area contributed by atoms with Crippen LogP contribution in [0.4, 0.5) is 0 Å². The Morgan fingerprint density at radius 1 is 1.25 bits per heavy atom. The lowest BCUT2D eigenvalue weighted by atomic mass is 10.1. The van der Waals surface area contributed by atoms with Crippen LogP contribution in [-0.2, 0) is 6.42 Å². The van der Waals surface area contributed by atoms with Gasteiger partial charge in [-0.1, -0.05) is 44.2 Å². The van der Waals surface area contributed by atoms with Gasteiger partial charge >= 0.3 is 0 Å². The highest BCUT2D eigenvalue weighted by Crippen LogP contribution is 2.01. The van der Waals surface area contributed by atoms with E-state index in [2.05, 4.69) is 4.98 Å². The van der Waals surface area contributed by atoms with E-state index in [0.29, 0.717) is 6.42 Å². The normalized spacial score (nSPS) is 9.12. The maximum Gasteiger partial charge on any atom is 0.236 e. The highest BCUT2D eigenvalue weighted by atomic mass is 16.2. The smallest absolute Gasteiger partial charge is 0.236 e. The SMILES string of the molecule is CC.O=C(Cc1ccccc1)n1ccnc1. The average molecular weight is 216 g/mol. The predicted octanol–water partition coefficient (Wildman–Crippen LogP) is 2.79. The monoisotopic (exact) mass is 216 g/mol. The molecule has 1 aromatic heterocycles. The Morgan fingerprint density at radius 2 is 1.94 bits per heavy atom. The van der Waals surface area contributed by atoms with Crippen molar-refractivity contribution in [2.45, 2.75) is 20.3 Å². The predicted molar refractivity (Wildman–Crippen MR) is 64.3 cm³/mol. The van der Waals surface area contributed by atoms with Crippen molar-refractivity contribution in [2.75, 3.05) is 0 Å². The molecule has 3 nitrogen and oxygen atoms in total. The molecule has 0 N–H and O–H groups in total. The molecule has 0 unspecified atom stereocenters. The van der Waals surface area contributed by atoms with Crippen LogP contribution >= 0.6 is 0 Å². The van der Waals surface area contributed by atoms with Crippen molar-refractivity contribution in [1.29, 1.82) is 0 Å². The molecular weight excluding hydrogens is 200 g/mol. The minimum Gasteiger partial charge on any atom is -0.276 e. The highest BCUT2D eigenvalue weighted by Gasteiger charge is 2.03. The molecule has 2 rings (SSSR count). The van der Waals surface area contributed by atoms with Gasteiger partial charge in [-0.15, -0.1) is 0 Å². The zero-order chi connectivity index (χ0) is 11.8. The van der Waals surface area contributed by atoms with Gasteiger partial charge in [0.1, 0.15) is 6.33 Å². The first-order chi connectivity index (χ1) is 7.86. The molecule has 0 saturated carbocycles. The fraction of sp³-hybridized carbons (Fsp3) is 0.231. The molecule has 0 aliphatic heterocycles. The van der Waals surface area contributed by atoms with Gasteiger partial charge in [-0.25, -0.2) is 4.98 Å². The summed E-state index contributed by atoms with van der Waals surface area (Å²) in [6.45, 7) is 4.00.